The lowest BCUT2D eigenvalue weighted by molar-refractivity contribution is -0.146. The molecule has 0 atom stereocenters. The van der Waals surface area contributed by atoms with Gasteiger partial charge in [0.05, 0.1) is 17.1 Å². The molecule has 1 aliphatic carbocycles. The van der Waals surface area contributed by atoms with Crippen LogP contribution < -0.4 is 0 Å². The van der Waals surface area contributed by atoms with Crippen molar-refractivity contribution in [3.63, 3.8) is 0 Å². The summed E-state index contributed by atoms with van der Waals surface area (Å²) in [5, 5.41) is 3.25. The number of ether oxygens (including phenoxy) is 1. The molecule has 0 unspecified atom stereocenters. The van der Waals surface area contributed by atoms with Gasteiger partial charge in [0.1, 0.15) is 12.3 Å². The molecule has 0 radical (unpaired) electrons. The van der Waals surface area contributed by atoms with Gasteiger partial charge < -0.3 is 14.5 Å². The second-order valence-corrected chi connectivity index (χ2v) is 8.29. The SMILES string of the molecule is CN1C(=O)COC12CCN(C(=O)Cc1csc(C3CCCC3)n1)CC2. The van der Waals surface area contributed by atoms with E-state index in [-0.39, 0.29) is 18.4 Å². The number of likely N-dealkylation sites (N-methyl/N-ethyl adjacent to an activating group) is 1. The fourth-order valence-electron chi connectivity index (χ4n) is 4.23. The predicted octanol–water partition coefficient (Wildman–Crippen LogP) is 2.15. The quantitative estimate of drug-likeness (QED) is 0.825. The number of piperidine rings is 1. The fraction of sp³-hybridized carbons (Fsp3) is 0.722. The fourth-order valence-corrected chi connectivity index (χ4v) is 5.22. The molecular formula is C18H25N3O3S. The molecule has 4 rings (SSSR count). The number of aromatic nitrogens is 1. The highest BCUT2D eigenvalue weighted by molar-refractivity contribution is 7.09. The monoisotopic (exact) mass is 363 g/mol. The van der Waals surface area contributed by atoms with Gasteiger partial charge in [-0.05, 0) is 12.8 Å². The minimum Gasteiger partial charge on any atom is -0.346 e. The lowest BCUT2D eigenvalue weighted by Gasteiger charge is -2.42. The maximum atomic E-state index is 12.6. The Bertz CT molecular complexity index is 660. The molecule has 2 aliphatic heterocycles. The maximum absolute atomic E-state index is 12.6. The van der Waals surface area contributed by atoms with Crippen LogP contribution in [-0.4, -0.2) is 59.1 Å². The zero-order valence-electron chi connectivity index (χ0n) is 14.7. The molecule has 1 aromatic heterocycles. The van der Waals surface area contributed by atoms with Gasteiger partial charge in [-0.1, -0.05) is 12.8 Å². The number of likely N-dealkylation sites (tertiary alicyclic amines) is 1. The molecule has 2 amide bonds. The lowest BCUT2D eigenvalue weighted by atomic mass is 9.99. The summed E-state index contributed by atoms with van der Waals surface area (Å²) in [7, 11) is 1.80. The van der Waals surface area contributed by atoms with Crippen molar-refractivity contribution in [2.45, 2.75) is 56.6 Å². The average molecular weight is 363 g/mol. The molecule has 7 heteroatoms. The van der Waals surface area contributed by atoms with Gasteiger partial charge in [-0.15, -0.1) is 11.3 Å². The third-order valence-electron chi connectivity index (χ3n) is 5.95. The minimum atomic E-state index is -0.496. The van der Waals surface area contributed by atoms with E-state index in [0.29, 0.717) is 38.3 Å². The van der Waals surface area contributed by atoms with Crippen molar-refractivity contribution in [1.82, 2.24) is 14.8 Å². The molecule has 3 fully saturated rings. The number of thiazole rings is 1. The van der Waals surface area contributed by atoms with Crippen LogP contribution in [0.3, 0.4) is 0 Å². The molecule has 0 bridgehead atoms. The van der Waals surface area contributed by atoms with Crippen LogP contribution in [0.25, 0.3) is 0 Å². The van der Waals surface area contributed by atoms with Crippen LogP contribution in [0.5, 0.6) is 0 Å². The normalized spacial score (nSPS) is 23.8. The van der Waals surface area contributed by atoms with Gasteiger partial charge in [0.2, 0.25) is 5.91 Å². The molecule has 1 aromatic rings. The van der Waals surface area contributed by atoms with E-state index in [1.165, 1.54) is 30.7 Å². The van der Waals surface area contributed by atoms with Crippen molar-refractivity contribution in [2.24, 2.45) is 0 Å². The second kappa shape index (κ2) is 6.68. The van der Waals surface area contributed by atoms with Gasteiger partial charge in [0.15, 0.2) is 0 Å². The predicted molar refractivity (Wildman–Crippen MR) is 94.3 cm³/mol. The van der Waals surface area contributed by atoms with Gasteiger partial charge in [0.25, 0.3) is 5.91 Å². The summed E-state index contributed by atoms with van der Waals surface area (Å²) in [6, 6.07) is 0. The minimum absolute atomic E-state index is 0.0293. The summed E-state index contributed by atoms with van der Waals surface area (Å²) in [6.45, 7) is 1.43. The summed E-state index contributed by atoms with van der Waals surface area (Å²) in [6.07, 6.45) is 6.82. The Balaban J connectivity index is 1.33. The van der Waals surface area contributed by atoms with Gasteiger partial charge in [-0.25, -0.2) is 4.98 Å². The van der Waals surface area contributed by atoms with Crippen LogP contribution in [0.2, 0.25) is 0 Å². The standard InChI is InChI=1S/C18H25N3O3S/c1-20-16(23)11-24-18(20)6-8-21(9-7-18)15(22)10-14-12-25-17(19-14)13-4-2-3-5-13/h12-13H,2-11H2,1H3. The van der Waals surface area contributed by atoms with E-state index in [0.717, 1.165) is 5.69 Å². The zero-order valence-corrected chi connectivity index (χ0v) is 15.5. The Hall–Kier alpha value is -1.47. The first kappa shape index (κ1) is 17.0. The van der Waals surface area contributed by atoms with E-state index >= 15 is 0 Å². The summed E-state index contributed by atoms with van der Waals surface area (Å²) < 4.78 is 5.74. The highest BCUT2D eigenvalue weighted by atomic mass is 32.1. The molecular weight excluding hydrogens is 338 g/mol. The molecule has 2 saturated heterocycles. The van der Waals surface area contributed by atoms with Gasteiger partial charge in [-0.2, -0.15) is 0 Å². The Morgan fingerprint density at radius 1 is 1.36 bits per heavy atom. The van der Waals surface area contributed by atoms with E-state index in [9.17, 15) is 9.59 Å². The molecule has 0 N–H and O–H groups in total. The van der Waals surface area contributed by atoms with E-state index in [1.54, 1.807) is 23.3 Å². The molecule has 6 nitrogen and oxygen atoms in total. The molecule has 0 aromatic carbocycles. The van der Waals surface area contributed by atoms with Gasteiger partial charge >= 0.3 is 0 Å². The summed E-state index contributed by atoms with van der Waals surface area (Å²) in [5.74, 6) is 0.767. The van der Waals surface area contributed by atoms with Crippen LogP contribution in [0.1, 0.15) is 55.1 Å². The molecule has 1 spiro atoms. The molecule has 1 saturated carbocycles. The number of carbonyl (C=O) groups is 2. The van der Waals surface area contributed by atoms with Crippen molar-refractivity contribution < 1.29 is 14.3 Å². The van der Waals surface area contributed by atoms with E-state index < -0.39 is 5.72 Å². The Morgan fingerprint density at radius 3 is 2.72 bits per heavy atom. The van der Waals surface area contributed by atoms with Crippen molar-refractivity contribution in [3.8, 4) is 0 Å². The van der Waals surface area contributed by atoms with Crippen molar-refractivity contribution in [3.05, 3.63) is 16.1 Å². The van der Waals surface area contributed by atoms with E-state index in [4.69, 9.17) is 9.72 Å². The highest BCUT2D eigenvalue weighted by Crippen LogP contribution is 2.36. The van der Waals surface area contributed by atoms with Crippen molar-refractivity contribution in [2.75, 3.05) is 26.7 Å². The first-order valence-electron chi connectivity index (χ1n) is 9.20. The molecule has 136 valence electrons. The Morgan fingerprint density at radius 2 is 2.08 bits per heavy atom. The topological polar surface area (TPSA) is 62.7 Å². The van der Waals surface area contributed by atoms with E-state index in [2.05, 4.69) is 0 Å². The summed E-state index contributed by atoms with van der Waals surface area (Å²) in [5.41, 5.74) is 0.408. The molecule has 3 heterocycles. The molecule has 25 heavy (non-hydrogen) atoms. The van der Waals surface area contributed by atoms with Crippen molar-refractivity contribution in [1.29, 1.82) is 0 Å². The van der Waals surface area contributed by atoms with Gasteiger partial charge in [-0.3, -0.25) is 9.59 Å². The van der Waals surface area contributed by atoms with Crippen LogP contribution in [0.15, 0.2) is 5.38 Å². The number of rotatable bonds is 3. The third kappa shape index (κ3) is 3.19. The first-order chi connectivity index (χ1) is 12.1. The first-order valence-corrected chi connectivity index (χ1v) is 10.1. The maximum Gasteiger partial charge on any atom is 0.250 e. The number of nitrogens with zero attached hydrogens (tertiary/aromatic N) is 3. The van der Waals surface area contributed by atoms with Crippen LogP contribution in [0, 0.1) is 0 Å². The zero-order chi connectivity index (χ0) is 17.4. The molecule has 3 aliphatic rings. The Labute approximate surface area is 152 Å². The van der Waals surface area contributed by atoms with Crippen LogP contribution >= 0.6 is 11.3 Å². The van der Waals surface area contributed by atoms with E-state index in [1.807, 2.05) is 10.3 Å². The lowest BCUT2D eigenvalue weighted by Crippen LogP contribution is -2.53. The average Bonchev–Trinajstić information content (AvgIpc) is 3.34. The smallest absolute Gasteiger partial charge is 0.250 e. The largest absolute Gasteiger partial charge is 0.346 e. The number of carbonyl (C=O) groups excluding carboxylic acids is 2. The summed E-state index contributed by atoms with van der Waals surface area (Å²) in [4.78, 5) is 32.7. The third-order valence-corrected chi connectivity index (χ3v) is 7.01. The van der Waals surface area contributed by atoms with Gasteiger partial charge in [0, 0.05) is 44.3 Å². The number of amides is 2. The van der Waals surface area contributed by atoms with Crippen LogP contribution in [-0.2, 0) is 20.7 Å². The number of hydrogen-bond donors (Lipinski definition) is 0. The second-order valence-electron chi connectivity index (χ2n) is 7.40. The van der Waals surface area contributed by atoms with Crippen molar-refractivity contribution >= 4 is 23.2 Å². The van der Waals surface area contributed by atoms with Crippen LogP contribution in [0.4, 0.5) is 0 Å². The summed E-state index contributed by atoms with van der Waals surface area (Å²) >= 11 is 1.71. The number of hydrogen-bond acceptors (Lipinski definition) is 5. The Kier molecular flexibility index (Phi) is 4.54. The highest BCUT2D eigenvalue weighted by Gasteiger charge is 2.46.